The van der Waals surface area contributed by atoms with Gasteiger partial charge in [-0.2, -0.15) is 20.5 Å². The molecule has 0 aliphatic carbocycles. The van der Waals surface area contributed by atoms with Gasteiger partial charge in [0.15, 0.2) is 0 Å². The highest BCUT2D eigenvalue weighted by molar-refractivity contribution is 5.87. The van der Waals surface area contributed by atoms with Crippen LogP contribution in [0.1, 0.15) is 22.3 Å². The van der Waals surface area contributed by atoms with E-state index in [1.165, 1.54) is 16.7 Å². The maximum absolute atomic E-state index is 4.65. The molecule has 0 amide bonds. The van der Waals surface area contributed by atoms with Crippen LogP contribution >= 0.6 is 0 Å². The number of likely N-dealkylation sites (N-methyl/N-ethyl adjacent to an activating group) is 2. The van der Waals surface area contributed by atoms with E-state index in [4.69, 9.17) is 0 Å². The van der Waals surface area contributed by atoms with E-state index in [0.29, 0.717) is 0 Å². The lowest BCUT2D eigenvalue weighted by Crippen LogP contribution is -2.36. The van der Waals surface area contributed by atoms with Crippen LogP contribution in [0.25, 0.3) is 10.8 Å². The molecule has 4 aromatic carbocycles. The minimum Gasteiger partial charge on any atom is -0.331 e. The fourth-order valence-corrected chi connectivity index (χ4v) is 4.39. The third-order valence-corrected chi connectivity index (χ3v) is 6.99. The van der Waals surface area contributed by atoms with Gasteiger partial charge in [0.1, 0.15) is 0 Å². The molecule has 0 unspecified atom stereocenters. The molecule has 40 heavy (non-hydrogen) atoms. The summed E-state index contributed by atoms with van der Waals surface area (Å²) in [5.41, 5.74) is 8.37. The fourth-order valence-electron chi connectivity index (χ4n) is 4.39. The third kappa shape index (κ3) is 8.63. The first-order valence-electron chi connectivity index (χ1n) is 14.0. The predicted molar refractivity (Wildman–Crippen MR) is 168 cm³/mol. The van der Waals surface area contributed by atoms with Crippen molar-refractivity contribution in [1.82, 2.24) is 0 Å². The van der Waals surface area contributed by atoms with Crippen LogP contribution in [0.4, 0.5) is 22.7 Å². The summed E-state index contributed by atoms with van der Waals surface area (Å²) >= 11 is 0. The first-order valence-corrected chi connectivity index (χ1v) is 14.0. The standard InChI is InChI=1S/C34H44N6/c1-25-9-12-28(18-20-40(6,7)8)34(21-25)38-36-32-16-14-29-23-31(15-13-30(29)24-32)35-37-33-22-27(11-10-26(33)2)17-19-39(3,4)5/h9-16,21-24H,17-20H2,1-8H3/q+2. The molecule has 0 bridgehead atoms. The monoisotopic (exact) mass is 536 g/mol. The maximum Gasteiger partial charge on any atom is 0.0893 e. The van der Waals surface area contributed by atoms with Crippen LogP contribution < -0.4 is 0 Å². The van der Waals surface area contributed by atoms with Crippen LogP contribution in [0.2, 0.25) is 0 Å². The molecule has 0 atom stereocenters. The molecule has 0 spiro atoms. The summed E-state index contributed by atoms with van der Waals surface area (Å²) in [5.74, 6) is 0. The summed E-state index contributed by atoms with van der Waals surface area (Å²) in [4.78, 5) is 0. The van der Waals surface area contributed by atoms with Crippen molar-refractivity contribution in [1.29, 1.82) is 0 Å². The average molecular weight is 537 g/mol. The van der Waals surface area contributed by atoms with Crippen LogP contribution in [0.15, 0.2) is 93.3 Å². The van der Waals surface area contributed by atoms with Gasteiger partial charge in [-0.05, 0) is 83.3 Å². The molecule has 0 aromatic heterocycles. The predicted octanol–water partition coefficient (Wildman–Crippen LogP) is 8.78. The lowest BCUT2D eigenvalue weighted by molar-refractivity contribution is -0.870. The number of quaternary nitrogens is 2. The summed E-state index contributed by atoms with van der Waals surface area (Å²) < 4.78 is 1.86. The molecule has 0 saturated heterocycles. The van der Waals surface area contributed by atoms with E-state index in [1.807, 2.05) is 12.1 Å². The van der Waals surface area contributed by atoms with Gasteiger partial charge in [-0.25, -0.2) is 0 Å². The molecular weight excluding hydrogens is 492 g/mol. The number of nitrogens with zero attached hydrogens (tertiary/aromatic N) is 6. The molecule has 4 rings (SSSR count). The molecule has 208 valence electrons. The first-order chi connectivity index (χ1) is 18.8. The Labute approximate surface area is 239 Å². The minimum atomic E-state index is 0.833. The summed E-state index contributed by atoms with van der Waals surface area (Å²) in [6.07, 6.45) is 1.98. The molecule has 0 radical (unpaired) electrons. The van der Waals surface area contributed by atoms with Gasteiger partial charge >= 0.3 is 0 Å². The molecule has 0 heterocycles. The van der Waals surface area contributed by atoms with Crippen molar-refractivity contribution in [2.45, 2.75) is 26.7 Å². The number of benzene rings is 4. The molecular formula is C34H44N6+2. The fraction of sp³-hybridized carbons (Fsp3) is 0.353. The molecule has 0 aliphatic rings. The molecule has 0 aliphatic heterocycles. The number of aryl methyl sites for hydroxylation is 2. The Kier molecular flexibility index (Phi) is 8.92. The van der Waals surface area contributed by atoms with E-state index in [-0.39, 0.29) is 0 Å². The van der Waals surface area contributed by atoms with Gasteiger partial charge in [0, 0.05) is 12.8 Å². The zero-order valence-electron chi connectivity index (χ0n) is 25.4. The second-order valence-corrected chi connectivity index (χ2v) is 12.9. The lowest BCUT2D eigenvalue weighted by atomic mass is 10.1. The molecule has 4 aromatic rings. The lowest BCUT2D eigenvalue weighted by Gasteiger charge is -2.24. The van der Waals surface area contributed by atoms with E-state index in [9.17, 15) is 0 Å². The van der Waals surface area contributed by atoms with E-state index >= 15 is 0 Å². The Hall–Kier alpha value is -3.74. The maximum atomic E-state index is 4.65. The average Bonchev–Trinajstić information content (AvgIpc) is 2.89. The number of hydrogen-bond donors (Lipinski definition) is 0. The summed E-state index contributed by atoms with van der Waals surface area (Å²) in [6, 6.07) is 25.3. The van der Waals surface area contributed by atoms with Crippen molar-refractivity contribution in [2.75, 3.05) is 55.4 Å². The quantitative estimate of drug-likeness (QED) is 0.144. The zero-order valence-corrected chi connectivity index (χ0v) is 25.4. The summed E-state index contributed by atoms with van der Waals surface area (Å²) in [5, 5.41) is 20.6. The van der Waals surface area contributed by atoms with E-state index in [1.54, 1.807) is 0 Å². The van der Waals surface area contributed by atoms with Crippen LogP contribution in [0.3, 0.4) is 0 Å². The number of rotatable bonds is 10. The van der Waals surface area contributed by atoms with Crippen molar-refractivity contribution in [2.24, 2.45) is 20.5 Å². The van der Waals surface area contributed by atoms with Crippen molar-refractivity contribution >= 4 is 33.5 Å². The van der Waals surface area contributed by atoms with Crippen molar-refractivity contribution in [3.05, 3.63) is 95.1 Å². The molecule has 0 fully saturated rings. The Morgan fingerprint density at radius 1 is 0.525 bits per heavy atom. The minimum absolute atomic E-state index is 0.833. The Balaban J connectivity index is 1.50. The molecule has 0 N–H and O–H groups in total. The largest absolute Gasteiger partial charge is 0.331 e. The highest BCUT2D eigenvalue weighted by Gasteiger charge is 2.11. The second-order valence-electron chi connectivity index (χ2n) is 12.9. The highest BCUT2D eigenvalue weighted by Crippen LogP contribution is 2.30. The van der Waals surface area contributed by atoms with Gasteiger partial charge in [-0.1, -0.05) is 36.4 Å². The zero-order chi connectivity index (χ0) is 28.9. The van der Waals surface area contributed by atoms with Crippen LogP contribution in [-0.2, 0) is 12.8 Å². The van der Waals surface area contributed by atoms with E-state index in [0.717, 1.165) is 74.0 Å². The second kappa shape index (κ2) is 12.2. The van der Waals surface area contributed by atoms with Crippen LogP contribution in [-0.4, -0.2) is 64.3 Å². The summed E-state index contributed by atoms with van der Waals surface area (Å²) in [6.45, 7) is 6.30. The SMILES string of the molecule is Cc1ccc(CC[N+](C)(C)C)c(N=Nc2ccc3cc(N=Nc4cc(CC[N+](C)(C)C)ccc4C)ccc3c2)c1. The molecule has 6 heteroatoms. The number of fused-ring (bicyclic) bond motifs is 1. The van der Waals surface area contributed by atoms with Gasteiger partial charge in [-0.15, -0.1) is 0 Å². The van der Waals surface area contributed by atoms with Gasteiger partial charge in [-0.3, -0.25) is 0 Å². The Morgan fingerprint density at radius 2 is 1.10 bits per heavy atom. The van der Waals surface area contributed by atoms with Crippen molar-refractivity contribution in [3.63, 3.8) is 0 Å². The Morgan fingerprint density at radius 3 is 1.70 bits per heavy atom. The highest BCUT2D eigenvalue weighted by atomic mass is 15.3. The molecule has 0 saturated carbocycles. The van der Waals surface area contributed by atoms with Crippen LogP contribution in [0, 0.1) is 13.8 Å². The topological polar surface area (TPSA) is 49.4 Å². The smallest absolute Gasteiger partial charge is 0.0893 e. The number of azo groups is 2. The van der Waals surface area contributed by atoms with Crippen LogP contribution in [0.5, 0.6) is 0 Å². The number of hydrogen-bond acceptors (Lipinski definition) is 4. The van der Waals surface area contributed by atoms with Crippen molar-refractivity contribution < 1.29 is 8.97 Å². The molecule has 6 nitrogen and oxygen atoms in total. The van der Waals surface area contributed by atoms with Gasteiger partial charge < -0.3 is 8.97 Å². The van der Waals surface area contributed by atoms with Gasteiger partial charge in [0.05, 0.1) is 78.1 Å². The summed E-state index contributed by atoms with van der Waals surface area (Å²) in [7, 11) is 13.3. The Bertz CT molecular complexity index is 1540. The van der Waals surface area contributed by atoms with Crippen molar-refractivity contribution in [3.8, 4) is 0 Å². The normalized spacial score (nSPS) is 12.7. The third-order valence-electron chi connectivity index (χ3n) is 6.99. The first kappa shape index (κ1) is 29.2. The van der Waals surface area contributed by atoms with Gasteiger partial charge in [0.2, 0.25) is 0 Å². The van der Waals surface area contributed by atoms with E-state index < -0.39 is 0 Å². The van der Waals surface area contributed by atoms with Gasteiger partial charge in [0.25, 0.3) is 0 Å². The van der Waals surface area contributed by atoms with E-state index in [2.05, 4.69) is 137 Å².